The quantitative estimate of drug-likeness (QED) is 0.366. The fourth-order valence-corrected chi connectivity index (χ4v) is 12.2. The summed E-state index contributed by atoms with van der Waals surface area (Å²) in [5, 5.41) is 15.5. The van der Waals surface area contributed by atoms with Crippen molar-refractivity contribution in [2.45, 2.75) is 105 Å². The third kappa shape index (κ3) is 3.29. The van der Waals surface area contributed by atoms with Crippen LogP contribution in [0.1, 0.15) is 105 Å². The average Bonchev–Trinajstić information content (AvgIpc) is 3.35. The lowest BCUT2D eigenvalue weighted by Crippen LogP contribution is -2.65. The summed E-state index contributed by atoms with van der Waals surface area (Å²) in [7, 11) is 0. The van der Waals surface area contributed by atoms with Crippen LogP contribution in [0, 0.1) is 57.1 Å². The highest BCUT2D eigenvalue weighted by Gasteiger charge is 2.69. The minimum absolute atomic E-state index is 0.000597. The summed E-state index contributed by atoms with van der Waals surface area (Å²) in [6.45, 7) is 17.0. The molecule has 1 N–H and O–H groups in total. The molecule has 226 valence electrons. The van der Waals surface area contributed by atoms with Gasteiger partial charge in [0.15, 0.2) is 0 Å². The molecule has 4 nitrogen and oxygen atoms in total. The molecule has 0 bridgehead atoms. The van der Waals surface area contributed by atoms with Crippen molar-refractivity contribution in [3.05, 3.63) is 59.2 Å². The van der Waals surface area contributed by atoms with Gasteiger partial charge < -0.3 is 5.11 Å². The van der Waals surface area contributed by atoms with Crippen molar-refractivity contribution in [2.24, 2.45) is 51.2 Å². The second-order valence-electron chi connectivity index (χ2n) is 16.4. The van der Waals surface area contributed by atoms with E-state index in [1.165, 1.54) is 22.9 Å². The minimum Gasteiger partial charge on any atom is -0.481 e. The Labute approximate surface area is 251 Å². The van der Waals surface area contributed by atoms with Crippen molar-refractivity contribution in [3.63, 3.8) is 0 Å². The van der Waals surface area contributed by atoms with Crippen LogP contribution in [0.2, 0.25) is 0 Å². The van der Waals surface area contributed by atoms with Gasteiger partial charge in [0.1, 0.15) is 11.5 Å². The lowest BCUT2D eigenvalue weighted by atomic mass is 9.33. The summed E-state index contributed by atoms with van der Waals surface area (Å²) < 4.78 is 16.9. The van der Waals surface area contributed by atoms with Gasteiger partial charge in [0.05, 0.1) is 17.3 Å². The number of aromatic nitrogens is 2. The molecule has 1 aromatic carbocycles. The van der Waals surface area contributed by atoms with Gasteiger partial charge in [0.25, 0.3) is 0 Å². The Morgan fingerprint density at radius 3 is 2.45 bits per heavy atom. The molecule has 7 rings (SSSR count). The molecule has 0 aliphatic heterocycles. The standard InChI is InChI=1S/C37H49FN2O2/c1-22-14-17-37(32(41)42)19-18-35(6)25(30(37)23(22)2)12-13-29-34(5)20-24-21-39-40(27-11-9-8-10-26(27)38)31(24)33(3,4)28(34)15-16-36(29,35)7/h8-12,21-23,28-30H,13-20H2,1-7H3,(H,41,42)/t22-,23+,28?,29-,30?,34+,35-,36-,37+/m1/s1. The molecule has 3 fully saturated rings. The van der Waals surface area contributed by atoms with Crippen LogP contribution in [0.5, 0.6) is 0 Å². The minimum atomic E-state index is -0.607. The van der Waals surface area contributed by atoms with Crippen LogP contribution in [0.25, 0.3) is 5.69 Å². The zero-order valence-corrected chi connectivity index (χ0v) is 26.6. The Morgan fingerprint density at radius 2 is 1.74 bits per heavy atom. The van der Waals surface area contributed by atoms with Gasteiger partial charge in [-0.3, -0.25) is 4.79 Å². The van der Waals surface area contributed by atoms with Crippen LogP contribution in [0.3, 0.4) is 0 Å². The van der Waals surface area contributed by atoms with Gasteiger partial charge in [0.2, 0.25) is 0 Å². The molecule has 0 saturated heterocycles. The van der Waals surface area contributed by atoms with Gasteiger partial charge in [-0.25, -0.2) is 9.07 Å². The predicted molar refractivity (Wildman–Crippen MR) is 164 cm³/mol. The van der Waals surface area contributed by atoms with E-state index in [2.05, 4.69) is 54.5 Å². The summed E-state index contributed by atoms with van der Waals surface area (Å²) in [6, 6.07) is 7.00. The fourth-order valence-electron chi connectivity index (χ4n) is 12.2. The average molecular weight is 573 g/mol. The highest BCUT2D eigenvalue weighted by atomic mass is 19.1. The van der Waals surface area contributed by atoms with Crippen LogP contribution >= 0.6 is 0 Å². The number of carboxylic acid groups (broad SMARTS) is 1. The summed E-state index contributed by atoms with van der Waals surface area (Å²) in [4.78, 5) is 13.0. The van der Waals surface area contributed by atoms with Crippen LogP contribution in [0.4, 0.5) is 4.39 Å². The van der Waals surface area contributed by atoms with E-state index in [-0.39, 0.29) is 33.4 Å². The monoisotopic (exact) mass is 572 g/mol. The van der Waals surface area contributed by atoms with Gasteiger partial charge in [0, 0.05) is 5.41 Å². The molecule has 1 aromatic heterocycles. The number of nitrogens with zero attached hydrogens (tertiary/aromatic N) is 2. The zero-order chi connectivity index (χ0) is 30.0. The number of halogens is 1. The maximum atomic E-state index is 15.0. The van der Waals surface area contributed by atoms with Gasteiger partial charge in [-0.1, -0.05) is 72.2 Å². The van der Waals surface area contributed by atoms with Crippen molar-refractivity contribution < 1.29 is 14.3 Å². The molecule has 42 heavy (non-hydrogen) atoms. The zero-order valence-electron chi connectivity index (χ0n) is 26.6. The highest BCUT2D eigenvalue weighted by molar-refractivity contribution is 5.76. The van der Waals surface area contributed by atoms with Gasteiger partial charge in [-0.05, 0) is 115 Å². The van der Waals surface area contributed by atoms with E-state index in [1.807, 2.05) is 23.0 Å². The van der Waals surface area contributed by atoms with E-state index < -0.39 is 11.4 Å². The van der Waals surface area contributed by atoms with E-state index >= 15 is 0 Å². The Balaban J connectivity index is 1.33. The third-order valence-electron chi connectivity index (χ3n) is 14.7. The Bertz CT molecular complexity index is 1490. The first-order chi connectivity index (χ1) is 19.7. The van der Waals surface area contributed by atoms with E-state index in [0.717, 1.165) is 51.4 Å². The van der Waals surface area contributed by atoms with Crippen molar-refractivity contribution in [2.75, 3.05) is 0 Å². The van der Waals surface area contributed by atoms with Gasteiger partial charge in [-0.15, -0.1) is 0 Å². The molecule has 5 aliphatic rings. The molecule has 2 aromatic rings. The fraction of sp³-hybridized carbons (Fsp3) is 0.676. The van der Waals surface area contributed by atoms with E-state index in [9.17, 15) is 14.3 Å². The second-order valence-corrected chi connectivity index (χ2v) is 16.4. The number of hydrogen-bond donors (Lipinski definition) is 1. The molecule has 5 aliphatic carbocycles. The Kier molecular flexibility index (Phi) is 5.95. The molecule has 0 radical (unpaired) electrons. The lowest BCUT2D eigenvalue weighted by Gasteiger charge is -2.70. The number of carboxylic acids is 1. The summed E-state index contributed by atoms with van der Waals surface area (Å²) in [6.07, 6.45) is 12.4. The number of aliphatic carboxylic acids is 1. The first-order valence-electron chi connectivity index (χ1n) is 16.5. The number of hydrogen-bond acceptors (Lipinski definition) is 2. The topological polar surface area (TPSA) is 55.1 Å². The summed E-state index contributed by atoms with van der Waals surface area (Å²) >= 11 is 0. The molecular formula is C37H49FN2O2. The molecule has 0 spiro atoms. The SMILES string of the molecule is C[C@@H]1CC[C@]2(C(=O)O)CC[C@]3(C)C(=CC[C@@H]4[C@@]5(C)Cc6cnn(-c7ccccc7F)c6C(C)(C)C5CC[C@]43C)C2[C@H]1C. The van der Waals surface area contributed by atoms with Crippen LogP contribution in [-0.2, 0) is 16.6 Å². The molecule has 2 unspecified atom stereocenters. The molecule has 1 heterocycles. The Hall–Kier alpha value is -2.43. The first-order valence-corrected chi connectivity index (χ1v) is 16.5. The summed E-state index contributed by atoms with van der Waals surface area (Å²) in [5.41, 5.74) is 3.86. The maximum Gasteiger partial charge on any atom is 0.310 e. The number of para-hydroxylation sites is 1. The number of allylic oxidation sites excluding steroid dienone is 2. The van der Waals surface area contributed by atoms with Crippen molar-refractivity contribution in [1.82, 2.24) is 9.78 Å². The first kappa shape index (κ1) is 28.3. The molecule has 9 atom stereocenters. The molecule has 5 heteroatoms. The third-order valence-corrected chi connectivity index (χ3v) is 14.7. The second kappa shape index (κ2) is 8.82. The van der Waals surface area contributed by atoms with Crippen LogP contribution in [0.15, 0.2) is 42.1 Å². The highest BCUT2D eigenvalue weighted by Crippen LogP contribution is 2.75. The number of rotatable bonds is 2. The van der Waals surface area contributed by atoms with Gasteiger partial charge >= 0.3 is 5.97 Å². The lowest BCUT2D eigenvalue weighted by molar-refractivity contribution is -0.179. The number of benzene rings is 1. The van der Waals surface area contributed by atoms with Crippen LogP contribution < -0.4 is 0 Å². The largest absolute Gasteiger partial charge is 0.481 e. The number of fused-ring (bicyclic) bond motifs is 8. The van der Waals surface area contributed by atoms with E-state index in [1.54, 1.807) is 6.07 Å². The van der Waals surface area contributed by atoms with E-state index in [4.69, 9.17) is 5.10 Å². The van der Waals surface area contributed by atoms with Crippen molar-refractivity contribution in [1.29, 1.82) is 0 Å². The molecule has 0 amide bonds. The predicted octanol–water partition coefficient (Wildman–Crippen LogP) is 8.77. The van der Waals surface area contributed by atoms with E-state index in [0.29, 0.717) is 29.4 Å². The number of carbonyl (C=O) groups is 1. The smallest absolute Gasteiger partial charge is 0.310 e. The molecular weight excluding hydrogens is 523 g/mol. The molecule has 3 saturated carbocycles. The Morgan fingerprint density at radius 1 is 1.00 bits per heavy atom. The van der Waals surface area contributed by atoms with Crippen LogP contribution in [-0.4, -0.2) is 20.9 Å². The van der Waals surface area contributed by atoms with Crippen molar-refractivity contribution in [3.8, 4) is 5.69 Å². The maximum absolute atomic E-state index is 15.0. The van der Waals surface area contributed by atoms with Crippen molar-refractivity contribution >= 4 is 5.97 Å². The summed E-state index contributed by atoms with van der Waals surface area (Å²) in [5.74, 6) is 1.21. The normalized spacial score (nSPS) is 43.6. The van der Waals surface area contributed by atoms with Gasteiger partial charge in [-0.2, -0.15) is 5.10 Å².